The number of esters is 1. The predicted octanol–water partition coefficient (Wildman–Crippen LogP) is 3.53. The van der Waals surface area contributed by atoms with Gasteiger partial charge in [-0.1, -0.05) is 12.2 Å². The zero-order valence-electron chi connectivity index (χ0n) is 26.5. The lowest BCUT2D eigenvalue weighted by atomic mass is 9.84. The van der Waals surface area contributed by atoms with Gasteiger partial charge in [0.25, 0.3) is 0 Å². The van der Waals surface area contributed by atoms with Gasteiger partial charge in [0.1, 0.15) is 22.8 Å². The number of aromatic hydroxyl groups is 2. The summed E-state index contributed by atoms with van der Waals surface area (Å²) in [6.07, 6.45) is 5.20. The molecule has 0 saturated carbocycles. The molecule has 0 aliphatic carbocycles. The summed E-state index contributed by atoms with van der Waals surface area (Å²) >= 11 is 0. The molecule has 0 saturated heterocycles. The number of primary sulfonamides is 1. The minimum absolute atomic E-state index is 0.135. The van der Waals surface area contributed by atoms with Gasteiger partial charge in [-0.15, -0.1) is 0 Å². The number of hydrogen-bond acceptors (Lipinski definition) is 11. The van der Waals surface area contributed by atoms with Crippen molar-refractivity contribution in [3.8, 4) is 28.7 Å². The van der Waals surface area contributed by atoms with Crippen LogP contribution in [0.5, 0.6) is 28.7 Å². The molecular formula is C32H42N2O11S. The van der Waals surface area contributed by atoms with Crippen molar-refractivity contribution < 1.29 is 52.0 Å². The number of phenols is 2. The fourth-order valence-electron chi connectivity index (χ4n) is 5.30. The highest BCUT2D eigenvalue weighted by Crippen LogP contribution is 2.47. The van der Waals surface area contributed by atoms with Gasteiger partial charge in [0.15, 0.2) is 11.5 Å². The van der Waals surface area contributed by atoms with Crippen molar-refractivity contribution in [1.29, 1.82) is 0 Å². The molecule has 3 rings (SSSR count). The number of rotatable bonds is 10. The van der Waals surface area contributed by atoms with Crippen LogP contribution in [0.4, 0.5) is 0 Å². The Hall–Kier alpha value is -4.30. The molecule has 0 aromatic heterocycles. The molecule has 252 valence electrons. The number of ether oxygens (including phenoxy) is 4. The van der Waals surface area contributed by atoms with E-state index in [-0.39, 0.29) is 46.3 Å². The van der Waals surface area contributed by atoms with E-state index in [9.17, 15) is 33.0 Å². The normalized spacial score (nSPS) is 16.8. The number of fused-ring (bicyclic) bond motifs is 1. The first-order valence-electron chi connectivity index (χ1n) is 14.8. The third kappa shape index (κ3) is 9.60. The molecule has 1 amide bonds. The molecule has 14 heteroatoms. The first-order chi connectivity index (χ1) is 21.8. The number of Topliss-reactive ketones (excluding diaryl/α,β-unsaturated/α-hetero) is 1. The fourth-order valence-corrected chi connectivity index (χ4v) is 5.69. The lowest BCUT2D eigenvalue weighted by molar-refractivity contribution is -0.121. The average Bonchev–Trinajstić information content (AvgIpc) is 2.98. The van der Waals surface area contributed by atoms with E-state index in [1.54, 1.807) is 19.1 Å². The van der Waals surface area contributed by atoms with Gasteiger partial charge in [0.05, 0.1) is 33.2 Å². The third-order valence-corrected chi connectivity index (χ3v) is 8.36. The van der Waals surface area contributed by atoms with E-state index < -0.39 is 57.6 Å². The Kier molecular flexibility index (Phi) is 12.8. The van der Waals surface area contributed by atoms with E-state index in [4.69, 9.17) is 24.1 Å². The molecule has 1 aliphatic heterocycles. The second-order valence-corrected chi connectivity index (χ2v) is 12.7. The van der Waals surface area contributed by atoms with Gasteiger partial charge in [0.2, 0.25) is 21.7 Å². The molecule has 1 heterocycles. The van der Waals surface area contributed by atoms with Crippen LogP contribution in [0.2, 0.25) is 0 Å². The van der Waals surface area contributed by atoms with Crippen molar-refractivity contribution in [1.82, 2.24) is 5.32 Å². The molecule has 1 unspecified atom stereocenters. The standard InChI is InChI=1S/C32H42N2O11S/c1-19-9-8-12-22(35)11-7-5-6-10-20-15-24(36)29(30(38)28(20)32(39)45-19)23(18-27(37)34-13-14-46(33,40)41)21-16-25(42-2)31(44-4)26(17-21)43-3/h6,10,15-17,19,23,36,38H,5,7-9,11-14,18H2,1-4H3,(H,34,37)(H2,33,40,41)/t19-,23?/m0/s1. The summed E-state index contributed by atoms with van der Waals surface area (Å²) in [5, 5.41) is 30.7. The maximum Gasteiger partial charge on any atom is 0.342 e. The van der Waals surface area contributed by atoms with E-state index in [1.165, 1.54) is 39.5 Å². The van der Waals surface area contributed by atoms with Gasteiger partial charge in [-0.3, -0.25) is 9.59 Å². The first kappa shape index (κ1) is 36.2. The Bertz CT molecular complexity index is 1550. The van der Waals surface area contributed by atoms with Crippen LogP contribution in [-0.2, 0) is 24.3 Å². The Morgan fingerprint density at radius 2 is 1.72 bits per heavy atom. The molecule has 2 atom stereocenters. The number of hydrogen-bond donors (Lipinski definition) is 4. The third-order valence-electron chi connectivity index (χ3n) is 7.59. The number of cyclic esters (lactones) is 1. The highest BCUT2D eigenvalue weighted by molar-refractivity contribution is 7.89. The molecule has 2 aromatic carbocycles. The van der Waals surface area contributed by atoms with Crippen molar-refractivity contribution in [3.63, 3.8) is 0 Å². The summed E-state index contributed by atoms with van der Waals surface area (Å²) in [5.74, 6) is -3.28. The summed E-state index contributed by atoms with van der Waals surface area (Å²) in [4.78, 5) is 38.9. The number of ketones is 1. The quantitative estimate of drug-likeness (QED) is 0.271. The number of benzene rings is 2. The second kappa shape index (κ2) is 16.3. The smallest absolute Gasteiger partial charge is 0.342 e. The van der Waals surface area contributed by atoms with Crippen molar-refractivity contribution in [2.24, 2.45) is 5.14 Å². The summed E-state index contributed by atoms with van der Waals surface area (Å²) in [5.41, 5.74) is 0.153. The van der Waals surface area contributed by atoms with E-state index in [0.717, 1.165) is 0 Å². The molecule has 0 spiro atoms. The van der Waals surface area contributed by atoms with Crippen molar-refractivity contribution in [3.05, 3.63) is 46.5 Å². The summed E-state index contributed by atoms with van der Waals surface area (Å²) in [6.45, 7) is 1.41. The van der Waals surface area contributed by atoms with Gasteiger partial charge in [-0.25, -0.2) is 18.4 Å². The van der Waals surface area contributed by atoms with Crippen LogP contribution in [0.15, 0.2) is 24.3 Å². The van der Waals surface area contributed by atoms with Crippen LogP contribution in [0.25, 0.3) is 6.08 Å². The van der Waals surface area contributed by atoms with Crippen LogP contribution < -0.4 is 24.7 Å². The number of carbonyl (C=O) groups excluding carboxylic acids is 3. The number of phenolic OH excluding ortho intramolecular Hbond substituents is 2. The Balaban J connectivity index is 2.21. The molecule has 46 heavy (non-hydrogen) atoms. The summed E-state index contributed by atoms with van der Waals surface area (Å²) in [6, 6.07) is 4.38. The zero-order chi connectivity index (χ0) is 34.0. The van der Waals surface area contributed by atoms with Crippen molar-refractivity contribution >= 4 is 33.8 Å². The minimum atomic E-state index is -3.85. The van der Waals surface area contributed by atoms with Crippen LogP contribution in [0.1, 0.15) is 84.8 Å². The average molecular weight is 663 g/mol. The topological polar surface area (TPSA) is 201 Å². The summed E-state index contributed by atoms with van der Waals surface area (Å²) < 4.78 is 44.8. The Labute approximate surface area is 268 Å². The maximum absolute atomic E-state index is 13.6. The SMILES string of the molecule is COc1cc(C(CC(=O)NCCS(N)(=O)=O)c2c(O)cc3c(c2O)C(=O)O[C@@H](C)CCCC(=O)CCCC=C3)cc(OC)c1OC. The minimum Gasteiger partial charge on any atom is -0.507 e. The lowest BCUT2D eigenvalue weighted by Crippen LogP contribution is -2.32. The van der Waals surface area contributed by atoms with Crippen LogP contribution in [0.3, 0.4) is 0 Å². The fraction of sp³-hybridized carbons (Fsp3) is 0.469. The van der Waals surface area contributed by atoms with Gasteiger partial charge in [-0.2, -0.15) is 0 Å². The number of carbonyl (C=O) groups is 3. The number of sulfonamides is 1. The summed E-state index contributed by atoms with van der Waals surface area (Å²) in [7, 11) is 0.362. The first-order valence-corrected chi connectivity index (χ1v) is 16.6. The van der Waals surface area contributed by atoms with Crippen LogP contribution >= 0.6 is 0 Å². The zero-order valence-corrected chi connectivity index (χ0v) is 27.3. The molecule has 13 nitrogen and oxygen atoms in total. The maximum atomic E-state index is 13.6. The number of nitrogens with one attached hydrogen (secondary N) is 1. The second-order valence-electron chi connectivity index (χ2n) is 11.0. The highest BCUT2D eigenvalue weighted by Gasteiger charge is 2.32. The van der Waals surface area contributed by atoms with Gasteiger partial charge in [-0.05, 0) is 61.9 Å². The largest absolute Gasteiger partial charge is 0.507 e. The Morgan fingerprint density at radius 1 is 1.07 bits per heavy atom. The van der Waals surface area contributed by atoms with E-state index in [2.05, 4.69) is 5.32 Å². The van der Waals surface area contributed by atoms with Crippen molar-refractivity contribution in [2.75, 3.05) is 33.6 Å². The van der Waals surface area contributed by atoms with Gasteiger partial charge in [0, 0.05) is 37.3 Å². The van der Waals surface area contributed by atoms with Crippen molar-refractivity contribution in [2.45, 2.75) is 63.9 Å². The number of methoxy groups -OCH3 is 3. The number of amides is 1. The molecule has 1 aliphatic rings. The van der Waals surface area contributed by atoms with Gasteiger partial charge < -0.3 is 34.5 Å². The van der Waals surface area contributed by atoms with E-state index >= 15 is 0 Å². The van der Waals surface area contributed by atoms with Crippen LogP contribution in [-0.4, -0.2) is 76.0 Å². The number of nitrogens with two attached hydrogens (primary N) is 1. The van der Waals surface area contributed by atoms with Gasteiger partial charge >= 0.3 is 5.97 Å². The Morgan fingerprint density at radius 3 is 2.33 bits per heavy atom. The van der Waals surface area contributed by atoms with E-state index in [0.29, 0.717) is 44.1 Å². The molecule has 2 aromatic rings. The molecule has 0 bridgehead atoms. The lowest BCUT2D eigenvalue weighted by Gasteiger charge is -2.24. The molecule has 0 radical (unpaired) electrons. The molecule has 0 fully saturated rings. The molecular weight excluding hydrogens is 620 g/mol. The predicted molar refractivity (Wildman–Crippen MR) is 170 cm³/mol. The number of allylic oxidation sites excluding steroid dienone is 1. The van der Waals surface area contributed by atoms with Crippen LogP contribution in [0, 0.1) is 0 Å². The molecule has 5 N–H and O–H groups in total. The van der Waals surface area contributed by atoms with E-state index in [1.807, 2.05) is 0 Å². The highest BCUT2D eigenvalue weighted by atomic mass is 32.2. The monoisotopic (exact) mass is 662 g/mol.